The number of fused-ring (bicyclic) bond motifs is 1. The summed E-state index contributed by atoms with van der Waals surface area (Å²) in [6.07, 6.45) is 1.98. The van der Waals surface area contributed by atoms with Gasteiger partial charge in [0.1, 0.15) is 13.2 Å². The Morgan fingerprint density at radius 1 is 1.19 bits per heavy atom. The summed E-state index contributed by atoms with van der Waals surface area (Å²) in [7, 11) is -0.987. The van der Waals surface area contributed by atoms with Crippen LogP contribution >= 0.6 is 0 Å². The monoisotopic (exact) mass is 365 g/mol. The van der Waals surface area contributed by atoms with Crippen LogP contribution in [-0.2, 0) is 27.4 Å². The third-order valence-electron chi connectivity index (χ3n) is 4.89. The highest BCUT2D eigenvalue weighted by Crippen LogP contribution is 2.42. The molecule has 2 aromatic rings. The molecule has 1 aliphatic carbocycles. The molecule has 0 saturated heterocycles. The molecule has 0 radical (unpaired) electrons. The van der Waals surface area contributed by atoms with Crippen LogP contribution in [0.4, 0.5) is 0 Å². The van der Waals surface area contributed by atoms with E-state index in [4.69, 9.17) is 9.39 Å². The normalized spacial score (nSPS) is 15.4. The fraction of sp³-hybridized carbons (Fsp3) is 0.300. The van der Waals surface area contributed by atoms with Gasteiger partial charge in [-0.2, -0.15) is 0 Å². The summed E-state index contributed by atoms with van der Waals surface area (Å²) >= 11 is 0. The number of hydrogen-bond donors (Lipinski definition) is 2. The van der Waals surface area contributed by atoms with Crippen molar-refractivity contribution in [2.75, 3.05) is 6.54 Å². The van der Waals surface area contributed by atoms with E-state index in [1.54, 1.807) is 12.1 Å². The molecule has 138 valence electrons. The second-order valence-corrected chi connectivity index (χ2v) is 6.87. The molecule has 1 fully saturated rings. The summed E-state index contributed by atoms with van der Waals surface area (Å²) in [4.78, 5) is 24.6. The van der Waals surface area contributed by atoms with Gasteiger partial charge in [-0.3, -0.25) is 9.59 Å². The molecule has 0 unspecified atom stereocenters. The molecule has 1 amide bonds. The van der Waals surface area contributed by atoms with Crippen LogP contribution in [0.25, 0.3) is 0 Å². The zero-order valence-corrected chi connectivity index (χ0v) is 14.8. The molecule has 2 aliphatic rings. The molecule has 1 heterocycles. The SMILES string of the molecule is O=C(CNC(=O)c1ccc2c(c1C1CC1)B(O)OC2)OCc1ccccc1. The van der Waals surface area contributed by atoms with Crippen LogP contribution in [0.5, 0.6) is 0 Å². The van der Waals surface area contributed by atoms with Crippen LogP contribution in [0, 0.1) is 0 Å². The highest BCUT2D eigenvalue weighted by Gasteiger charge is 2.38. The minimum Gasteiger partial charge on any atom is -0.460 e. The van der Waals surface area contributed by atoms with Crippen molar-refractivity contribution in [3.63, 3.8) is 0 Å². The Morgan fingerprint density at radius 3 is 2.70 bits per heavy atom. The van der Waals surface area contributed by atoms with Crippen molar-refractivity contribution in [1.82, 2.24) is 5.32 Å². The van der Waals surface area contributed by atoms with Crippen molar-refractivity contribution in [3.05, 3.63) is 64.7 Å². The number of carbonyl (C=O) groups is 2. The van der Waals surface area contributed by atoms with Gasteiger partial charge in [0.15, 0.2) is 0 Å². The molecular weight excluding hydrogens is 345 g/mol. The van der Waals surface area contributed by atoms with Crippen molar-refractivity contribution >= 4 is 24.5 Å². The molecule has 2 aromatic carbocycles. The van der Waals surface area contributed by atoms with Crippen molar-refractivity contribution in [2.45, 2.75) is 32.0 Å². The number of hydrogen-bond acceptors (Lipinski definition) is 5. The first-order valence-electron chi connectivity index (χ1n) is 9.06. The van der Waals surface area contributed by atoms with Crippen molar-refractivity contribution in [2.24, 2.45) is 0 Å². The molecule has 7 heteroatoms. The van der Waals surface area contributed by atoms with Gasteiger partial charge in [0.2, 0.25) is 0 Å². The Labute approximate surface area is 157 Å². The molecule has 2 N–H and O–H groups in total. The number of nitrogens with one attached hydrogen (secondary N) is 1. The number of amides is 1. The first-order valence-corrected chi connectivity index (χ1v) is 9.06. The van der Waals surface area contributed by atoms with Gasteiger partial charge in [-0.05, 0) is 47.0 Å². The molecule has 0 atom stereocenters. The van der Waals surface area contributed by atoms with E-state index in [2.05, 4.69) is 5.32 Å². The first kappa shape index (κ1) is 17.8. The Balaban J connectivity index is 1.40. The van der Waals surface area contributed by atoms with Gasteiger partial charge in [0.05, 0.1) is 6.61 Å². The number of carbonyl (C=O) groups excluding carboxylic acids is 2. The largest absolute Gasteiger partial charge is 0.492 e. The summed E-state index contributed by atoms with van der Waals surface area (Å²) in [5.41, 5.74) is 3.88. The van der Waals surface area contributed by atoms with E-state index < -0.39 is 13.1 Å². The Hall–Kier alpha value is -2.64. The topological polar surface area (TPSA) is 84.9 Å². The Morgan fingerprint density at radius 2 is 1.96 bits per heavy atom. The zero-order valence-electron chi connectivity index (χ0n) is 14.8. The van der Waals surface area contributed by atoms with Crippen LogP contribution in [-0.4, -0.2) is 30.6 Å². The van der Waals surface area contributed by atoms with Crippen LogP contribution in [0.15, 0.2) is 42.5 Å². The van der Waals surface area contributed by atoms with Gasteiger partial charge >= 0.3 is 13.1 Å². The van der Waals surface area contributed by atoms with Crippen LogP contribution in [0.1, 0.15) is 45.8 Å². The summed E-state index contributed by atoms with van der Waals surface area (Å²) in [5.74, 6) is -0.567. The lowest BCUT2D eigenvalue weighted by Crippen LogP contribution is -2.36. The second kappa shape index (κ2) is 7.54. The molecule has 27 heavy (non-hydrogen) atoms. The van der Waals surface area contributed by atoms with E-state index in [0.29, 0.717) is 12.2 Å². The number of rotatable bonds is 6. The van der Waals surface area contributed by atoms with Gasteiger partial charge in [0, 0.05) is 5.56 Å². The lowest BCUT2D eigenvalue weighted by Gasteiger charge is -2.14. The van der Waals surface area contributed by atoms with Gasteiger partial charge in [0.25, 0.3) is 5.91 Å². The van der Waals surface area contributed by atoms with Crippen LogP contribution in [0.2, 0.25) is 0 Å². The Kier molecular flexibility index (Phi) is 4.96. The van der Waals surface area contributed by atoms with Crippen LogP contribution < -0.4 is 10.8 Å². The van der Waals surface area contributed by atoms with E-state index in [-0.39, 0.29) is 25.0 Å². The summed E-state index contributed by atoms with van der Waals surface area (Å²) in [6.45, 7) is 0.321. The maximum atomic E-state index is 12.6. The first-order chi connectivity index (χ1) is 13.1. The predicted octanol–water partition coefficient (Wildman–Crippen LogP) is 1.25. The number of ether oxygens (including phenoxy) is 1. The third-order valence-corrected chi connectivity index (χ3v) is 4.89. The minimum atomic E-state index is -0.987. The fourth-order valence-electron chi connectivity index (χ4n) is 3.40. The summed E-state index contributed by atoms with van der Waals surface area (Å²) in [6, 6.07) is 12.9. The molecule has 0 bridgehead atoms. The molecule has 6 nitrogen and oxygen atoms in total. The molecule has 0 spiro atoms. The van der Waals surface area contributed by atoms with Gasteiger partial charge in [-0.1, -0.05) is 36.4 Å². The van der Waals surface area contributed by atoms with Gasteiger partial charge in [-0.15, -0.1) is 0 Å². The van der Waals surface area contributed by atoms with Crippen LogP contribution in [0.3, 0.4) is 0 Å². The second-order valence-electron chi connectivity index (χ2n) is 6.87. The van der Waals surface area contributed by atoms with Crippen molar-refractivity contribution in [3.8, 4) is 0 Å². The van der Waals surface area contributed by atoms with E-state index in [1.165, 1.54) is 0 Å². The maximum Gasteiger partial charge on any atom is 0.492 e. The Bertz CT molecular complexity index is 866. The van der Waals surface area contributed by atoms with E-state index >= 15 is 0 Å². The highest BCUT2D eigenvalue weighted by atomic mass is 16.5. The lowest BCUT2D eigenvalue weighted by atomic mass is 9.73. The van der Waals surface area contributed by atoms with Gasteiger partial charge in [-0.25, -0.2) is 0 Å². The molecule has 4 rings (SSSR count). The molecular formula is C20H20BNO5. The quantitative estimate of drug-likeness (QED) is 0.595. The molecule has 0 aromatic heterocycles. The summed E-state index contributed by atoms with van der Waals surface area (Å²) < 4.78 is 10.5. The molecule has 1 aliphatic heterocycles. The molecule has 1 saturated carbocycles. The summed E-state index contributed by atoms with van der Waals surface area (Å²) in [5, 5.41) is 12.7. The minimum absolute atomic E-state index is 0.172. The highest BCUT2D eigenvalue weighted by molar-refractivity contribution is 6.62. The van der Waals surface area contributed by atoms with E-state index in [9.17, 15) is 14.6 Å². The lowest BCUT2D eigenvalue weighted by molar-refractivity contribution is -0.143. The standard InChI is InChI=1S/C20H20BNO5/c23-17(26-11-13-4-2-1-3-5-13)10-22-20(24)16-9-8-15-12-27-21(25)19(15)18(16)14-6-7-14/h1-5,8-9,14,25H,6-7,10-12H2,(H,22,24). The number of benzene rings is 2. The van der Waals surface area contributed by atoms with Crippen molar-refractivity contribution < 1.29 is 24.0 Å². The zero-order chi connectivity index (χ0) is 18.8. The average molecular weight is 365 g/mol. The number of esters is 1. The van der Waals surface area contributed by atoms with Crippen molar-refractivity contribution in [1.29, 1.82) is 0 Å². The predicted molar refractivity (Wildman–Crippen MR) is 99.4 cm³/mol. The fourth-order valence-corrected chi connectivity index (χ4v) is 3.40. The third kappa shape index (κ3) is 3.89. The smallest absolute Gasteiger partial charge is 0.460 e. The van der Waals surface area contributed by atoms with E-state index in [0.717, 1.165) is 35.0 Å². The van der Waals surface area contributed by atoms with Gasteiger partial charge < -0.3 is 19.7 Å². The average Bonchev–Trinajstić information content (AvgIpc) is 3.47. The maximum absolute atomic E-state index is 12.6. The van der Waals surface area contributed by atoms with E-state index in [1.807, 2.05) is 30.3 Å².